The maximum atomic E-state index is 12.9. The number of halogens is 3. The summed E-state index contributed by atoms with van der Waals surface area (Å²) in [5, 5.41) is 13.2. The maximum Gasteiger partial charge on any atom is 0.419 e. The molecule has 7 nitrogen and oxygen atoms in total. The van der Waals surface area contributed by atoms with Crippen molar-refractivity contribution in [2.75, 3.05) is 6.61 Å². The molecule has 0 radical (unpaired) electrons. The summed E-state index contributed by atoms with van der Waals surface area (Å²) in [7, 11) is 0. The van der Waals surface area contributed by atoms with Gasteiger partial charge in [0.2, 0.25) is 11.9 Å². The number of amides is 2. The summed E-state index contributed by atoms with van der Waals surface area (Å²) in [6.45, 7) is 0.119. The minimum absolute atomic E-state index is 0.113. The molecule has 0 heterocycles. The van der Waals surface area contributed by atoms with Crippen molar-refractivity contribution in [1.29, 1.82) is 0 Å². The van der Waals surface area contributed by atoms with E-state index in [0.29, 0.717) is 12.8 Å². The lowest BCUT2D eigenvalue weighted by Gasteiger charge is -2.22. The molecule has 4 atom stereocenters. The summed E-state index contributed by atoms with van der Waals surface area (Å²) in [4.78, 5) is 36.0. The first-order valence-electron chi connectivity index (χ1n) is 11.3. The summed E-state index contributed by atoms with van der Waals surface area (Å²) in [6, 6.07) is 12.4. The van der Waals surface area contributed by atoms with Crippen LogP contribution in [0.25, 0.3) is 11.1 Å². The minimum atomic E-state index is -5.10. The van der Waals surface area contributed by atoms with Gasteiger partial charge in [0, 0.05) is 12.0 Å². The Hall–Kier alpha value is -3.56. The highest BCUT2D eigenvalue weighted by Gasteiger charge is 2.66. The Labute approximate surface area is 198 Å². The predicted molar refractivity (Wildman–Crippen MR) is 117 cm³/mol. The molecule has 0 aliphatic heterocycles. The smallest absolute Gasteiger partial charge is 0.419 e. The van der Waals surface area contributed by atoms with Crippen LogP contribution in [0.5, 0.6) is 0 Å². The number of carboxylic acid groups (broad SMARTS) is 1. The van der Waals surface area contributed by atoms with Crippen LogP contribution in [-0.4, -0.2) is 47.9 Å². The largest absolute Gasteiger partial charge is 0.479 e. The van der Waals surface area contributed by atoms with Gasteiger partial charge in [0.15, 0.2) is 0 Å². The van der Waals surface area contributed by atoms with Crippen LogP contribution < -0.4 is 10.6 Å². The molecular weight excluding hydrogens is 465 g/mol. The topological polar surface area (TPSA) is 105 Å². The van der Waals surface area contributed by atoms with Gasteiger partial charge in [0.1, 0.15) is 6.61 Å². The molecule has 0 saturated heterocycles. The fourth-order valence-electron chi connectivity index (χ4n) is 5.65. The third kappa shape index (κ3) is 4.11. The number of nitrogens with one attached hydrogen (secondary N) is 2. The van der Waals surface area contributed by atoms with Gasteiger partial charge >= 0.3 is 18.2 Å². The van der Waals surface area contributed by atoms with Gasteiger partial charge in [-0.25, -0.2) is 9.59 Å². The quantitative estimate of drug-likeness (QED) is 0.574. The summed E-state index contributed by atoms with van der Waals surface area (Å²) in [5.41, 5.74) is 3.24. The lowest BCUT2D eigenvalue weighted by atomic mass is 9.98. The normalized spacial score (nSPS) is 25.1. The Bertz CT molecular complexity index is 1150. The summed E-state index contributed by atoms with van der Waals surface area (Å²) in [6.07, 6.45) is -4.84. The minimum Gasteiger partial charge on any atom is -0.479 e. The molecule has 0 spiro atoms. The molecule has 2 saturated carbocycles. The average Bonchev–Trinajstić information content (AvgIpc) is 3.23. The van der Waals surface area contributed by atoms with Crippen LogP contribution in [0.2, 0.25) is 0 Å². The Kier molecular flexibility index (Phi) is 5.49. The van der Waals surface area contributed by atoms with E-state index < -0.39 is 41.6 Å². The second-order valence-electron chi connectivity index (χ2n) is 9.45. The number of alkyl halides is 3. The highest BCUT2D eigenvalue weighted by atomic mass is 19.4. The van der Waals surface area contributed by atoms with Crippen LogP contribution in [0.3, 0.4) is 0 Å². The highest BCUT2D eigenvalue weighted by molar-refractivity contribution is 5.90. The number of fused-ring (bicyclic) bond motifs is 4. The predicted octanol–water partition coefficient (Wildman–Crippen LogP) is 3.83. The van der Waals surface area contributed by atoms with Crippen LogP contribution in [0.15, 0.2) is 48.5 Å². The van der Waals surface area contributed by atoms with Crippen molar-refractivity contribution in [3.63, 3.8) is 0 Å². The molecule has 3 aliphatic carbocycles. The molecule has 2 aromatic rings. The fourth-order valence-corrected chi connectivity index (χ4v) is 5.65. The Balaban J connectivity index is 1.18. The van der Waals surface area contributed by atoms with E-state index in [0.717, 1.165) is 22.3 Å². The van der Waals surface area contributed by atoms with Gasteiger partial charge < -0.3 is 20.5 Å². The molecule has 2 amide bonds. The van der Waals surface area contributed by atoms with Crippen LogP contribution in [-0.2, 0) is 14.3 Å². The van der Waals surface area contributed by atoms with Crippen molar-refractivity contribution in [2.24, 2.45) is 11.3 Å². The van der Waals surface area contributed by atoms with Gasteiger partial charge in [-0.1, -0.05) is 48.5 Å². The molecule has 10 heteroatoms. The fraction of sp³-hybridized carbons (Fsp3) is 0.400. The number of benzene rings is 2. The van der Waals surface area contributed by atoms with Gasteiger partial charge in [-0.15, -0.1) is 0 Å². The second kappa shape index (κ2) is 8.28. The molecular formula is C25H23F3N2O5. The van der Waals surface area contributed by atoms with Crippen molar-refractivity contribution < 1.29 is 37.4 Å². The number of hydrogen-bond acceptors (Lipinski definition) is 4. The van der Waals surface area contributed by atoms with Crippen molar-refractivity contribution in [3.05, 3.63) is 59.7 Å². The third-order valence-electron chi connectivity index (χ3n) is 7.38. The molecule has 2 aromatic carbocycles. The van der Waals surface area contributed by atoms with E-state index in [2.05, 4.69) is 5.32 Å². The van der Waals surface area contributed by atoms with E-state index in [9.17, 15) is 27.6 Å². The summed E-state index contributed by atoms with van der Waals surface area (Å²) < 4.78 is 44.3. The molecule has 5 rings (SSSR count). The van der Waals surface area contributed by atoms with E-state index >= 15 is 0 Å². The zero-order chi connectivity index (χ0) is 25.0. The second-order valence-corrected chi connectivity index (χ2v) is 9.45. The zero-order valence-electron chi connectivity index (χ0n) is 18.5. The van der Waals surface area contributed by atoms with Crippen molar-refractivity contribution >= 4 is 18.0 Å². The van der Waals surface area contributed by atoms with Crippen molar-refractivity contribution in [2.45, 2.75) is 43.4 Å². The van der Waals surface area contributed by atoms with Gasteiger partial charge in [-0.2, -0.15) is 13.2 Å². The molecule has 2 fully saturated rings. The van der Waals surface area contributed by atoms with E-state index in [1.165, 1.54) is 0 Å². The van der Waals surface area contributed by atoms with Crippen LogP contribution in [0, 0.1) is 11.3 Å². The first-order valence-corrected chi connectivity index (χ1v) is 11.3. The molecule has 3 N–H and O–H groups in total. The SMILES string of the molecule is O=C(N[C@H]1C[C@@H]2C[C@]2(C(=O)NC(C(=O)O)C(F)(F)F)C1)OCC1c2ccccc2-c2ccccc21. The molecule has 0 aromatic heterocycles. The molecule has 35 heavy (non-hydrogen) atoms. The number of hydrogen-bond donors (Lipinski definition) is 3. The van der Waals surface area contributed by atoms with Crippen LogP contribution in [0.1, 0.15) is 36.3 Å². The molecule has 184 valence electrons. The van der Waals surface area contributed by atoms with E-state index in [1.54, 1.807) is 5.32 Å². The van der Waals surface area contributed by atoms with Gasteiger partial charge in [-0.3, -0.25) is 4.79 Å². The Morgan fingerprint density at radius 1 is 1.03 bits per heavy atom. The van der Waals surface area contributed by atoms with E-state index in [4.69, 9.17) is 9.84 Å². The first kappa shape index (κ1) is 23.2. The zero-order valence-corrected chi connectivity index (χ0v) is 18.5. The van der Waals surface area contributed by atoms with Gasteiger partial charge in [-0.05, 0) is 47.4 Å². The van der Waals surface area contributed by atoms with Gasteiger partial charge in [0.05, 0.1) is 5.41 Å². The maximum absolute atomic E-state index is 12.9. The Morgan fingerprint density at radius 3 is 2.20 bits per heavy atom. The van der Waals surface area contributed by atoms with Crippen molar-refractivity contribution in [3.8, 4) is 11.1 Å². The third-order valence-corrected chi connectivity index (χ3v) is 7.38. The number of aliphatic carboxylic acids is 1. The number of ether oxygens (including phenoxy) is 1. The van der Waals surface area contributed by atoms with E-state index in [-0.39, 0.29) is 24.9 Å². The summed E-state index contributed by atoms with van der Waals surface area (Å²) in [5.74, 6) is -3.42. The lowest BCUT2D eigenvalue weighted by Crippen LogP contribution is -2.53. The Morgan fingerprint density at radius 2 is 1.63 bits per heavy atom. The van der Waals surface area contributed by atoms with Crippen molar-refractivity contribution in [1.82, 2.24) is 10.6 Å². The van der Waals surface area contributed by atoms with Crippen LogP contribution in [0.4, 0.5) is 18.0 Å². The monoisotopic (exact) mass is 488 g/mol. The standard InChI is InChI=1S/C25H23F3N2O5/c26-25(27,28)20(21(31)32)30-22(33)24-10-13(24)9-14(11-24)29-23(34)35-12-19-17-7-3-1-5-15(17)16-6-2-4-8-18(16)19/h1-8,13-14,19-20H,9-12H2,(H,29,34)(H,30,33)(H,31,32)/t13-,14+,20?,24+/m1/s1. The average molecular weight is 488 g/mol. The number of alkyl carbamates (subject to hydrolysis) is 1. The van der Waals surface area contributed by atoms with Crippen LogP contribution >= 0.6 is 0 Å². The highest BCUT2D eigenvalue weighted by Crippen LogP contribution is 2.63. The summed E-state index contributed by atoms with van der Waals surface area (Å²) >= 11 is 0. The number of carboxylic acids is 1. The lowest BCUT2D eigenvalue weighted by molar-refractivity contribution is -0.182. The first-order chi connectivity index (χ1) is 16.6. The number of carbonyl (C=O) groups excluding carboxylic acids is 2. The molecule has 1 unspecified atom stereocenters. The number of rotatable bonds is 6. The van der Waals surface area contributed by atoms with Gasteiger partial charge in [0.25, 0.3) is 0 Å². The van der Waals surface area contributed by atoms with E-state index in [1.807, 2.05) is 48.5 Å². The molecule has 3 aliphatic rings. The number of carbonyl (C=O) groups is 3. The molecule has 0 bridgehead atoms.